The van der Waals surface area contributed by atoms with Crippen LogP contribution in [0.1, 0.15) is 49.1 Å². The van der Waals surface area contributed by atoms with Crippen molar-refractivity contribution in [2.24, 2.45) is 0 Å². The third-order valence-electron chi connectivity index (χ3n) is 5.55. The molecule has 7 nitrogen and oxygen atoms in total. The number of H-pyrrole nitrogens is 2. The Balaban J connectivity index is 1.63. The molecule has 0 saturated heterocycles. The van der Waals surface area contributed by atoms with Crippen molar-refractivity contribution in [3.05, 3.63) is 68.2 Å². The van der Waals surface area contributed by atoms with Crippen LogP contribution in [0.2, 0.25) is 0 Å². The number of hydrogen-bond donors (Lipinski definition) is 3. The average Bonchev–Trinajstić information content (AvgIpc) is 2.70. The summed E-state index contributed by atoms with van der Waals surface area (Å²) in [5, 5.41) is 0. The van der Waals surface area contributed by atoms with Crippen LogP contribution in [0.15, 0.2) is 50.9 Å². The van der Waals surface area contributed by atoms with E-state index in [1.165, 1.54) is 49.8 Å². The van der Waals surface area contributed by atoms with Gasteiger partial charge in [-0.2, -0.15) is 0 Å². The molecule has 1 heterocycles. The van der Waals surface area contributed by atoms with E-state index in [1.54, 1.807) is 19.1 Å². The van der Waals surface area contributed by atoms with Crippen molar-refractivity contribution in [2.45, 2.75) is 49.8 Å². The molecule has 4 rings (SSSR count). The van der Waals surface area contributed by atoms with Gasteiger partial charge in [0.25, 0.3) is 10.0 Å². The van der Waals surface area contributed by atoms with Crippen molar-refractivity contribution in [3.63, 3.8) is 0 Å². The first-order valence-corrected chi connectivity index (χ1v) is 11.2. The fourth-order valence-corrected chi connectivity index (χ4v) is 5.32. The number of sulfonamides is 1. The van der Waals surface area contributed by atoms with Gasteiger partial charge in [0, 0.05) is 5.69 Å². The molecule has 2 aromatic carbocycles. The van der Waals surface area contributed by atoms with E-state index in [4.69, 9.17) is 0 Å². The van der Waals surface area contributed by atoms with Crippen LogP contribution in [0, 0.1) is 6.92 Å². The van der Waals surface area contributed by atoms with Crippen LogP contribution >= 0.6 is 0 Å². The number of rotatable bonds is 4. The topological polar surface area (TPSA) is 112 Å². The van der Waals surface area contributed by atoms with Crippen LogP contribution in [0.5, 0.6) is 0 Å². The molecule has 0 radical (unpaired) electrons. The molecule has 0 unspecified atom stereocenters. The molecule has 1 aliphatic rings. The average molecular weight is 413 g/mol. The fraction of sp³-hybridized carbons (Fsp3) is 0.333. The van der Waals surface area contributed by atoms with Gasteiger partial charge >= 0.3 is 11.1 Å². The van der Waals surface area contributed by atoms with Crippen molar-refractivity contribution in [2.75, 3.05) is 4.72 Å². The highest BCUT2D eigenvalue weighted by Gasteiger charge is 2.20. The summed E-state index contributed by atoms with van der Waals surface area (Å²) < 4.78 is 28.5. The molecular formula is C21H23N3O4S. The highest BCUT2D eigenvalue weighted by molar-refractivity contribution is 7.92. The summed E-state index contributed by atoms with van der Waals surface area (Å²) in [5.41, 5.74) is 1.23. The van der Waals surface area contributed by atoms with Gasteiger partial charge in [0.1, 0.15) is 0 Å². The molecule has 1 saturated carbocycles. The maximum Gasteiger partial charge on any atom is 0.314 e. The highest BCUT2D eigenvalue weighted by atomic mass is 32.2. The van der Waals surface area contributed by atoms with E-state index >= 15 is 0 Å². The second-order valence-corrected chi connectivity index (χ2v) is 9.28. The minimum Gasteiger partial charge on any atom is -0.316 e. The van der Waals surface area contributed by atoms with E-state index in [2.05, 4.69) is 14.7 Å². The molecule has 3 aromatic rings. The molecule has 8 heteroatoms. The molecule has 0 bridgehead atoms. The molecule has 0 spiro atoms. The largest absolute Gasteiger partial charge is 0.316 e. The van der Waals surface area contributed by atoms with Crippen LogP contribution in [0.25, 0.3) is 11.0 Å². The van der Waals surface area contributed by atoms with Gasteiger partial charge in [-0.05, 0) is 61.1 Å². The van der Waals surface area contributed by atoms with Crippen LogP contribution in [-0.4, -0.2) is 18.4 Å². The van der Waals surface area contributed by atoms with Gasteiger partial charge in [-0.1, -0.05) is 31.4 Å². The number of aromatic amines is 2. The van der Waals surface area contributed by atoms with Gasteiger partial charge in [0.15, 0.2) is 0 Å². The first-order valence-electron chi connectivity index (χ1n) is 9.73. The maximum absolute atomic E-state index is 12.9. The molecule has 1 aromatic heterocycles. The zero-order valence-electron chi connectivity index (χ0n) is 16.1. The first-order chi connectivity index (χ1) is 13.8. The SMILES string of the molecule is Cc1cc2[nH]c(=O)c(=O)[nH]c2cc1S(=O)(=O)Nc1ccc(C2CCCCC2)cc1. The molecule has 0 aliphatic heterocycles. The van der Waals surface area contributed by atoms with E-state index in [1.807, 2.05) is 12.1 Å². The Morgan fingerprint density at radius 1 is 0.897 bits per heavy atom. The molecular weight excluding hydrogens is 390 g/mol. The number of hydrogen-bond acceptors (Lipinski definition) is 4. The minimum absolute atomic E-state index is 0.0454. The molecule has 29 heavy (non-hydrogen) atoms. The molecule has 3 N–H and O–H groups in total. The predicted molar refractivity (Wildman–Crippen MR) is 113 cm³/mol. The standard InChI is InChI=1S/C21H23N3O4S/c1-13-11-17-18(23-21(26)20(25)22-17)12-19(13)29(27,28)24-16-9-7-15(8-10-16)14-5-3-2-4-6-14/h7-12,14,24H,2-6H2,1H3,(H,22,25)(H,23,26). The summed E-state index contributed by atoms with van der Waals surface area (Å²) in [5.74, 6) is 0.552. The smallest absolute Gasteiger partial charge is 0.314 e. The van der Waals surface area contributed by atoms with Gasteiger partial charge < -0.3 is 9.97 Å². The monoisotopic (exact) mass is 413 g/mol. The number of fused-ring (bicyclic) bond motifs is 1. The first kappa shape index (κ1) is 19.4. The lowest BCUT2D eigenvalue weighted by molar-refractivity contribution is 0.443. The zero-order valence-corrected chi connectivity index (χ0v) is 16.9. The number of aromatic nitrogens is 2. The lowest BCUT2D eigenvalue weighted by Crippen LogP contribution is -2.29. The predicted octanol–water partition coefficient (Wildman–Crippen LogP) is 3.37. The Morgan fingerprint density at radius 2 is 1.48 bits per heavy atom. The summed E-state index contributed by atoms with van der Waals surface area (Å²) in [6.45, 7) is 1.64. The Bertz CT molecular complexity index is 1270. The summed E-state index contributed by atoms with van der Waals surface area (Å²) >= 11 is 0. The van der Waals surface area contributed by atoms with Crippen molar-refractivity contribution >= 4 is 26.7 Å². The summed E-state index contributed by atoms with van der Waals surface area (Å²) in [7, 11) is -3.86. The molecule has 0 atom stereocenters. The number of aryl methyl sites for hydroxylation is 1. The Hall–Kier alpha value is -2.87. The van der Waals surface area contributed by atoms with Gasteiger partial charge in [0.05, 0.1) is 15.9 Å². The molecule has 1 fully saturated rings. The second-order valence-electron chi connectivity index (χ2n) is 7.63. The Labute approximate surface area is 168 Å². The van der Waals surface area contributed by atoms with Crippen molar-refractivity contribution in [3.8, 4) is 0 Å². The lowest BCUT2D eigenvalue weighted by atomic mass is 9.84. The van der Waals surface area contributed by atoms with Crippen LogP contribution in [0.4, 0.5) is 5.69 Å². The highest BCUT2D eigenvalue weighted by Crippen LogP contribution is 2.33. The molecule has 152 valence electrons. The normalized spacial score (nSPS) is 15.5. The van der Waals surface area contributed by atoms with Gasteiger partial charge in [-0.3, -0.25) is 14.3 Å². The Morgan fingerprint density at radius 3 is 2.10 bits per heavy atom. The van der Waals surface area contributed by atoms with E-state index in [0.717, 1.165) is 0 Å². The van der Waals surface area contributed by atoms with Crippen molar-refractivity contribution in [1.82, 2.24) is 9.97 Å². The zero-order chi connectivity index (χ0) is 20.6. The third kappa shape index (κ3) is 3.98. The van der Waals surface area contributed by atoms with Crippen molar-refractivity contribution in [1.29, 1.82) is 0 Å². The van der Waals surface area contributed by atoms with Crippen LogP contribution < -0.4 is 15.8 Å². The van der Waals surface area contributed by atoms with Crippen LogP contribution in [0.3, 0.4) is 0 Å². The van der Waals surface area contributed by atoms with E-state index in [0.29, 0.717) is 22.7 Å². The maximum atomic E-state index is 12.9. The second kappa shape index (κ2) is 7.51. The van der Waals surface area contributed by atoms with Gasteiger partial charge in [-0.25, -0.2) is 8.42 Å². The number of benzene rings is 2. The van der Waals surface area contributed by atoms with E-state index in [-0.39, 0.29) is 10.4 Å². The quantitative estimate of drug-likeness (QED) is 0.569. The number of nitrogens with one attached hydrogen (secondary N) is 3. The van der Waals surface area contributed by atoms with Gasteiger partial charge in [-0.15, -0.1) is 0 Å². The van der Waals surface area contributed by atoms with Gasteiger partial charge in [0.2, 0.25) is 0 Å². The third-order valence-corrected chi connectivity index (χ3v) is 7.07. The summed E-state index contributed by atoms with van der Waals surface area (Å²) in [6.07, 6.45) is 6.14. The summed E-state index contributed by atoms with van der Waals surface area (Å²) in [6, 6.07) is 10.5. The number of anilines is 1. The van der Waals surface area contributed by atoms with E-state index in [9.17, 15) is 18.0 Å². The summed E-state index contributed by atoms with van der Waals surface area (Å²) in [4.78, 5) is 28.0. The lowest BCUT2D eigenvalue weighted by Gasteiger charge is -2.22. The molecule has 1 aliphatic carbocycles. The Kier molecular flexibility index (Phi) is 5.04. The van der Waals surface area contributed by atoms with Crippen molar-refractivity contribution < 1.29 is 8.42 Å². The molecule has 0 amide bonds. The van der Waals surface area contributed by atoms with E-state index < -0.39 is 21.1 Å². The fourth-order valence-electron chi connectivity index (χ4n) is 4.01. The minimum atomic E-state index is -3.86. The van der Waals surface area contributed by atoms with Crippen LogP contribution in [-0.2, 0) is 10.0 Å².